The number of rotatable bonds is 9. The normalized spacial score (nSPS) is 18.2. The van der Waals surface area contributed by atoms with Crippen molar-refractivity contribution in [2.45, 2.75) is 63.5 Å². The molecule has 1 amide bonds. The topological polar surface area (TPSA) is 63.6 Å². The molecule has 1 unspecified atom stereocenters. The molecule has 6 heteroatoms. The van der Waals surface area contributed by atoms with Crippen molar-refractivity contribution in [3.63, 3.8) is 0 Å². The van der Waals surface area contributed by atoms with Gasteiger partial charge < -0.3 is 15.1 Å². The zero-order valence-electron chi connectivity index (χ0n) is 14.8. The average molecular weight is 355 g/mol. The number of carbonyl (C=O) groups excluding carboxylic acids is 1. The van der Waals surface area contributed by atoms with Crippen molar-refractivity contribution < 1.29 is 33.9 Å². The summed E-state index contributed by atoms with van der Waals surface area (Å²) in [6.07, 6.45) is 5.86. The number of hydrogen-bond donors (Lipinski definition) is 1. The van der Waals surface area contributed by atoms with Crippen LogP contribution in [0.2, 0.25) is 0 Å². The number of piperidine rings is 1. The summed E-state index contributed by atoms with van der Waals surface area (Å²) in [6, 6.07) is 10.2. The van der Waals surface area contributed by atoms with Gasteiger partial charge in [-0.15, -0.1) is 6.61 Å². The molecule has 1 saturated heterocycles. The first-order valence-electron chi connectivity index (χ1n) is 8.80. The van der Waals surface area contributed by atoms with Crippen molar-refractivity contribution in [3.05, 3.63) is 35.9 Å². The van der Waals surface area contributed by atoms with Crippen molar-refractivity contribution in [1.29, 1.82) is 0 Å². The first-order valence-corrected chi connectivity index (χ1v) is 8.80. The Hall–Kier alpha value is -0.260. The fourth-order valence-electron chi connectivity index (χ4n) is 3.36. The molecular formula is C19H31AlLiNO3. The van der Waals surface area contributed by atoms with Crippen LogP contribution < -0.4 is 24.0 Å². The zero-order chi connectivity index (χ0) is 16.5. The number of likely N-dealkylation sites (tertiary alicyclic amines) is 1. The average Bonchev–Trinajstić information content (AvgIpc) is 2.56. The summed E-state index contributed by atoms with van der Waals surface area (Å²) >= 11 is 0. The van der Waals surface area contributed by atoms with Crippen molar-refractivity contribution in [3.8, 4) is 0 Å². The van der Waals surface area contributed by atoms with Crippen LogP contribution in [0, 0.1) is 0 Å². The maximum atomic E-state index is 12.1. The van der Waals surface area contributed by atoms with Crippen molar-refractivity contribution >= 4 is 23.3 Å². The van der Waals surface area contributed by atoms with E-state index in [0.29, 0.717) is 32.2 Å². The van der Waals surface area contributed by atoms with Gasteiger partial charge in [-0.1, -0.05) is 36.8 Å². The van der Waals surface area contributed by atoms with Crippen LogP contribution in [0.25, 0.3) is 0 Å². The second-order valence-electron chi connectivity index (χ2n) is 6.47. The summed E-state index contributed by atoms with van der Waals surface area (Å²) in [5.74, 6) is 0.213. The number of nitrogens with zero attached hydrogens (tertiary/aromatic N) is 1. The molecule has 0 spiro atoms. The van der Waals surface area contributed by atoms with Gasteiger partial charge in [0.05, 0.1) is 6.10 Å². The maximum Gasteiger partial charge on any atom is 1.00 e. The molecule has 1 heterocycles. The predicted octanol–water partition coefficient (Wildman–Crippen LogP) is -2.29. The van der Waals surface area contributed by atoms with E-state index in [1.54, 1.807) is 0 Å². The van der Waals surface area contributed by atoms with Gasteiger partial charge in [0.2, 0.25) is 5.91 Å². The Kier molecular flexibility index (Phi) is 13.7. The van der Waals surface area contributed by atoms with E-state index < -0.39 is 0 Å². The number of aliphatic hydroxyl groups is 1. The van der Waals surface area contributed by atoms with Crippen LogP contribution in [-0.4, -0.2) is 58.6 Å². The van der Waals surface area contributed by atoms with E-state index in [4.69, 9.17) is 0 Å². The van der Waals surface area contributed by atoms with E-state index in [-0.39, 0.29) is 60.9 Å². The molecule has 1 aliphatic heterocycles. The SMILES string of the molecule is O=C1CCC[C@H](CCC(O)Cc2ccccc2)N1CCCC[O-].[AlH3].[Li+]. The monoisotopic (exact) mass is 355 g/mol. The van der Waals surface area contributed by atoms with Crippen LogP contribution in [0.15, 0.2) is 30.3 Å². The van der Waals surface area contributed by atoms with Gasteiger partial charge in [0.1, 0.15) is 0 Å². The minimum Gasteiger partial charge on any atom is -0.854 e. The Bertz CT molecular complexity index is 475. The first-order chi connectivity index (χ1) is 11.2. The molecule has 134 valence electrons. The Morgan fingerprint density at radius 2 is 1.96 bits per heavy atom. The minimum atomic E-state index is -0.363. The summed E-state index contributed by atoms with van der Waals surface area (Å²) in [5.41, 5.74) is 1.15. The molecular weight excluding hydrogens is 324 g/mol. The standard InChI is InChI=1S/C19H28NO3.Al.Li.3H/c21-14-5-4-13-20-17(9-6-10-19(20)23)11-12-18(22)15-16-7-2-1-3-8-16;;;;;/h1-3,7-8,17-18,22H,4-6,9-15H2;;;;;/q-1;;+1;;;/t17-,18?;;;;;/m1...../s1. The number of carbonyl (C=O) groups is 1. The zero-order valence-corrected chi connectivity index (χ0v) is 14.8. The van der Waals surface area contributed by atoms with Crippen molar-refractivity contribution in [2.75, 3.05) is 13.2 Å². The second-order valence-corrected chi connectivity index (χ2v) is 6.47. The van der Waals surface area contributed by atoms with Crippen LogP contribution in [0.1, 0.15) is 50.5 Å². The molecule has 1 fully saturated rings. The van der Waals surface area contributed by atoms with E-state index in [1.165, 1.54) is 0 Å². The molecule has 2 atom stereocenters. The quantitative estimate of drug-likeness (QED) is 0.401. The molecule has 1 aromatic rings. The third kappa shape index (κ3) is 8.78. The first kappa shape index (κ1) is 24.7. The van der Waals surface area contributed by atoms with E-state index in [9.17, 15) is 15.0 Å². The Morgan fingerprint density at radius 3 is 2.64 bits per heavy atom. The fraction of sp³-hybridized carbons (Fsp3) is 0.632. The van der Waals surface area contributed by atoms with Gasteiger partial charge in [0.15, 0.2) is 17.4 Å². The van der Waals surface area contributed by atoms with E-state index in [0.717, 1.165) is 31.2 Å². The molecule has 0 aromatic heterocycles. The molecule has 1 aliphatic rings. The van der Waals surface area contributed by atoms with Crippen LogP contribution in [0.5, 0.6) is 0 Å². The predicted molar refractivity (Wildman–Crippen MR) is 98.8 cm³/mol. The third-order valence-electron chi connectivity index (χ3n) is 4.63. The van der Waals surface area contributed by atoms with E-state index >= 15 is 0 Å². The summed E-state index contributed by atoms with van der Waals surface area (Å²) in [5, 5.41) is 20.8. The number of hydrogen-bond acceptors (Lipinski definition) is 3. The molecule has 1 aromatic carbocycles. The van der Waals surface area contributed by atoms with Gasteiger partial charge in [-0.2, -0.15) is 0 Å². The Morgan fingerprint density at radius 1 is 1.24 bits per heavy atom. The Labute approximate surface area is 174 Å². The summed E-state index contributed by atoms with van der Waals surface area (Å²) in [4.78, 5) is 14.1. The smallest absolute Gasteiger partial charge is 0.854 e. The molecule has 25 heavy (non-hydrogen) atoms. The largest absolute Gasteiger partial charge is 1.00 e. The fourth-order valence-corrected chi connectivity index (χ4v) is 3.36. The van der Waals surface area contributed by atoms with E-state index in [2.05, 4.69) is 0 Å². The van der Waals surface area contributed by atoms with Gasteiger partial charge in [-0.05, 0) is 44.1 Å². The molecule has 2 rings (SSSR count). The van der Waals surface area contributed by atoms with Gasteiger partial charge in [-0.3, -0.25) is 4.79 Å². The summed E-state index contributed by atoms with van der Waals surface area (Å²) < 4.78 is 0. The van der Waals surface area contributed by atoms with Crippen molar-refractivity contribution in [2.24, 2.45) is 0 Å². The van der Waals surface area contributed by atoms with Crippen LogP contribution in [0.4, 0.5) is 0 Å². The molecule has 4 nitrogen and oxygen atoms in total. The molecule has 0 saturated carbocycles. The number of unbranched alkanes of at least 4 members (excludes halogenated alkanes) is 1. The van der Waals surface area contributed by atoms with E-state index in [1.807, 2.05) is 35.2 Å². The summed E-state index contributed by atoms with van der Waals surface area (Å²) in [7, 11) is 0. The third-order valence-corrected chi connectivity index (χ3v) is 4.63. The number of aliphatic hydroxyl groups excluding tert-OH is 1. The Balaban J connectivity index is 0.00000288. The van der Waals surface area contributed by atoms with Crippen LogP contribution >= 0.6 is 0 Å². The van der Waals surface area contributed by atoms with Crippen LogP contribution in [0.3, 0.4) is 0 Å². The molecule has 0 radical (unpaired) electrons. The maximum absolute atomic E-state index is 12.1. The van der Waals surface area contributed by atoms with Gasteiger partial charge in [0.25, 0.3) is 0 Å². The van der Waals surface area contributed by atoms with Crippen molar-refractivity contribution in [1.82, 2.24) is 4.90 Å². The second kappa shape index (κ2) is 13.9. The molecule has 0 aliphatic carbocycles. The summed E-state index contributed by atoms with van der Waals surface area (Å²) in [6.45, 7) is 0.628. The number of benzene rings is 1. The molecule has 1 N–H and O–H groups in total. The molecule has 0 bridgehead atoms. The van der Waals surface area contributed by atoms with Gasteiger partial charge in [0, 0.05) is 19.0 Å². The van der Waals surface area contributed by atoms with Crippen LogP contribution in [-0.2, 0) is 11.2 Å². The van der Waals surface area contributed by atoms with Gasteiger partial charge >= 0.3 is 18.9 Å². The number of amides is 1. The van der Waals surface area contributed by atoms with Gasteiger partial charge in [-0.25, -0.2) is 0 Å². The minimum absolute atomic E-state index is 0.